The molecule has 6 nitrogen and oxygen atoms in total. The average molecular weight is 289 g/mol. The van der Waals surface area contributed by atoms with Gasteiger partial charge in [-0.2, -0.15) is 4.98 Å². The van der Waals surface area contributed by atoms with Crippen molar-refractivity contribution in [3.63, 3.8) is 0 Å². The molecule has 0 fully saturated rings. The Labute approximate surface area is 124 Å². The lowest BCUT2D eigenvalue weighted by atomic mass is 9.90. The van der Waals surface area contributed by atoms with E-state index in [1.807, 2.05) is 6.07 Å². The van der Waals surface area contributed by atoms with Crippen LogP contribution < -0.4 is 11.1 Å². The van der Waals surface area contributed by atoms with Crippen LogP contribution in [-0.4, -0.2) is 32.2 Å². The zero-order valence-electron chi connectivity index (χ0n) is 12.6. The van der Waals surface area contributed by atoms with Gasteiger partial charge in [-0.25, -0.2) is 4.98 Å². The maximum Gasteiger partial charge on any atom is 0.222 e. The summed E-state index contributed by atoms with van der Waals surface area (Å²) in [7, 11) is 0. The first-order chi connectivity index (χ1) is 10.1. The molecule has 0 saturated carbocycles. The Bertz CT molecular complexity index is 598. The first-order valence-electron chi connectivity index (χ1n) is 7.40. The van der Waals surface area contributed by atoms with Crippen LogP contribution in [0.25, 0.3) is 10.9 Å². The van der Waals surface area contributed by atoms with Gasteiger partial charge in [0, 0.05) is 11.6 Å². The number of anilines is 2. The van der Waals surface area contributed by atoms with E-state index in [9.17, 15) is 5.11 Å². The van der Waals surface area contributed by atoms with Crippen molar-refractivity contribution in [3.8, 4) is 0 Å². The summed E-state index contributed by atoms with van der Waals surface area (Å²) in [5.74, 6) is 0.864. The van der Waals surface area contributed by atoms with E-state index in [1.54, 1.807) is 12.4 Å². The predicted molar refractivity (Wildman–Crippen MR) is 85.0 cm³/mol. The molecule has 1 unspecified atom stereocenters. The van der Waals surface area contributed by atoms with Crippen molar-refractivity contribution in [1.82, 2.24) is 15.0 Å². The number of fused-ring (bicyclic) bond motifs is 1. The van der Waals surface area contributed by atoms with E-state index in [0.29, 0.717) is 11.3 Å². The lowest BCUT2D eigenvalue weighted by molar-refractivity contribution is 0.195. The van der Waals surface area contributed by atoms with Gasteiger partial charge in [0.25, 0.3) is 0 Å². The molecule has 114 valence electrons. The summed E-state index contributed by atoms with van der Waals surface area (Å²) in [5.41, 5.74) is 6.09. The average Bonchev–Trinajstić information content (AvgIpc) is 2.51. The fourth-order valence-electron chi connectivity index (χ4n) is 2.42. The second-order valence-electron chi connectivity index (χ2n) is 5.34. The molecule has 2 rings (SSSR count). The molecule has 0 saturated heterocycles. The summed E-state index contributed by atoms with van der Waals surface area (Å²) in [5, 5.41) is 14.1. The smallest absolute Gasteiger partial charge is 0.222 e. The summed E-state index contributed by atoms with van der Waals surface area (Å²) in [6.07, 6.45) is 7.18. The number of rotatable bonds is 7. The van der Waals surface area contributed by atoms with Crippen LogP contribution in [0, 0.1) is 0 Å². The van der Waals surface area contributed by atoms with E-state index < -0.39 is 0 Å². The first-order valence-corrected chi connectivity index (χ1v) is 7.40. The molecule has 1 atom stereocenters. The van der Waals surface area contributed by atoms with E-state index in [0.717, 1.165) is 31.1 Å². The third-order valence-corrected chi connectivity index (χ3v) is 3.89. The van der Waals surface area contributed by atoms with Gasteiger partial charge in [-0.15, -0.1) is 0 Å². The molecule has 0 aromatic carbocycles. The van der Waals surface area contributed by atoms with E-state index in [1.165, 1.54) is 0 Å². The lowest BCUT2D eigenvalue weighted by Gasteiger charge is -2.33. The fraction of sp³-hybridized carbons (Fsp3) is 0.533. The molecule has 0 aliphatic heterocycles. The summed E-state index contributed by atoms with van der Waals surface area (Å²) < 4.78 is 0. The molecule has 2 aromatic heterocycles. The highest BCUT2D eigenvalue weighted by Crippen LogP contribution is 2.27. The highest BCUT2D eigenvalue weighted by Gasteiger charge is 2.27. The van der Waals surface area contributed by atoms with Gasteiger partial charge in [-0.1, -0.05) is 26.7 Å². The van der Waals surface area contributed by atoms with Crippen LogP contribution >= 0.6 is 0 Å². The third-order valence-electron chi connectivity index (χ3n) is 3.89. The Morgan fingerprint density at radius 2 is 2.14 bits per heavy atom. The minimum absolute atomic E-state index is 0.0555. The van der Waals surface area contributed by atoms with Crippen molar-refractivity contribution in [1.29, 1.82) is 0 Å². The van der Waals surface area contributed by atoms with Crippen LogP contribution in [0.4, 0.5) is 11.8 Å². The maximum atomic E-state index is 9.86. The molecule has 4 N–H and O–H groups in total. The Hall–Kier alpha value is -1.95. The van der Waals surface area contributed by atoms with Gasteiger partial charge in [0.1, 0.15) is 5.82 Å². The fourth-order valence-corrected chi connectivity index (χ4v) is 2.42. The topological polar surface area (TPSA) is 97.0 Å². The first kappa shape index (κ1) is 15.4. The second kappa shape index (κ2) is 6.67. The van der Waals surface area contributed by atoms with E-state index in [-0.39, 0.29) is 18.1 Å². The van der Waals surface area contributed by atoms with Crippen LogP contribution in [0.3, 0.4) is 0 Å². The molecule has 21 heavy (non-hydrogen) atoms. The lowest BCUT2D eigenvalue weighted by Crippen LogP contribution is -2.42. The number of unbranched alkanes of at least 4 members (excludes halogenated alkanes) is 1. The van der Waals surface area contributed by atoms with Crippen LogP contribution in [-0.2, 0) is 0 Å². The SMILES string of the molecule is CCCCC(CC)(CO)Nc1nc(N)nc2cnccc12. The number of aliphatic hydroxyl groups is 1. The normalized spacial score (nSPS) is 14.0. The number of nitrogens with zero attached hydrogens (tertiary/aromatic N) is 3. The third kappa shape index (κ3) is 3.39. The van der Waals surface area contributed by atoms with Gasteiger partial charge in [0.15, 0.2) is 0 Å². The zero-order valence-corrected chi connectivity index (χ0v) is 12.6. The molecular formula is C15H23N5O. The number of hydrogen-bond acceptors (Lipinski definition) is 6. The number of nitrogens with one attached hydrogen (secondary N) is 1. The number of hydrogen-bond donors (Lipinski definition) is 3. The standard InChI is InChI=1S/C15H23N5O/c1-3-5-7-15(4-2,10-21)20-13-11-6-8-17-9-12(11)18-14(16)19-13/h6,8-9,21H,3-5,7,10H2,1-2H3,(H3,16,18,19,20). The molecule has 0 aliphatic rings. The predicted octanol–water partition coefficient (Wildman–Crippen LogP) is 2.35. The molecule has 0 aliphatic carbocycles. The monoisotopic (exact) mass is 289 g/mol. The van der Waals surface area contributed by atoms with Crippen LogP contribution in [0.2, 0.25) is 0 Å². The number of pyridine rings is 1. The van der Waals surface area contributed by atoms with Gasteiger partial charge in [0.05, 0.1) is 23.9 Å². The molecular weight excluding hydrogens is 266 g/mol. The van der Waals surface area contributed by atoms with Crippen molar-refractivity contribution in [2.75, 3.05) is 17.7 Å². The van der Waals surface area contributed by atoms with Gasteiger partial charge in [-0.3, -0.25) is 4.98 Å². The summed E-state index contributed by atoms with van der Waals surface area (Å²) in [6, 6.07) is 1.86. The van der Waals surface area contributed by atoms with Crippen LogP contribution in [0.5, 0.6) is 0 Å². The van der Waals surface area contributed by atoms with Gasteiger partial charge in [0.2, 0.25) is 5.95 Å². The van der Waals surface area contributed by atoms with Crippen molar-refractivity contribution >= 4 is 22.7 Å². The summed E-state index contributed by atoms with van der Waals surface area (Å²) in [6.45, 7) is 4.26. The molecule has 0 radical (unpaired) electrons. The summed E-state index contributed by atoms with van der Waals surface area (Å²) in [4.78, 5) is 12.5. The van der Waals surface area contributed by atoms with Crippen molar-refractivity contribution in [3.05, 3.63) is 18.5 Å². The van der Waals surface area contributed by atoms with Crippen molar-refractivity contribution in [2.45, 2.75) is 45.1 Å². The minimum Gasteiger partial charge on any atom is -0.394 e. The van der Waals surface area contributed by atoms with Gasteiger partial charge >= 0.3 is 0 Å². The van der Waals surface area contributed by atoms with Crippen molar-refractivity contribution < 1.29 is 5.11 Å². The van der Waals surface area contributed by atoms with Crippen molar-refractivity contribution in [2.24, 2.45) is 0 Å². The number of nitrogens with two attached hydrogens (primary N) is 1. The highest BCUT2D eigenvalue weighted by atomic mass is 16.3. The Morgan fingerprint density at radius 3 is 2.81 bits per heavy atom. The maximum absolute atomic E-state index is 9.86. The van der Waals surface area contributed by atoms with Gasteiger partial charge in [-0.05, 0) is 18.9 Å². The summed E-state index contributed by atoms with van der Waals surface area (Å²) >= 11 is 0. The largest absolute Gasteiger partial charge is 0.394 e. The zero-order chi connectivity index (χ0) is 15.3. The molecule has 2 aromatic rings. The molecule has 0 spiro atoms. The minimum atomic E-state index is -0.382. The second-order valence-corrected chi connectivity index (χ2v) is 5.34. The van der Waals surface area contributed by atoms with Crippen LogP contribution in [0.1, 0.15) is 39.5 Å². The van der Waals surface area contributed by atoms with Crippen LogP contribution in [0.15, 0.2) is 18.5 Å². The quantitative estimate of drug-likeness (QED) is 0.724. The van der Waals surface area contributed by atoms with Gasteiger partial charge < -0.3 is 16.2 Å². The van der Waals surface area contributed by atoms with E-state index in [4.69, 9.17) is 5.73 Å². The molecule has 0 bridgehead atoms. The Balaban J connectivity index is 2.40. The molecule has 0 amide bonds. The Morgan fingerprint density at radius 1 is 1.33 bits per heavy atom. The molecule has 6 heteroatoms. The molecule has 2 heterocycles. The number of aromatic nitrogens is 3. The van der Waals surface area contributed by atoms with E-state index >= 15 is 0 Å². The number of nitrogen functional groups attached to an aromatic ring is 1. The Kier molecular flexibility index (Phi) is 4.90. The highest BCUT2D eigenvalue weighted by molar-refractivity contribution is 5.89. The number of aliphatic hydroxyl groups excluding tert-OH is 1. The van der Waals surface area contributed by atoms with E-state index in [2.05, 4.69) is 34.1 Å².